The summed E-state index contributed by atoms with van der Waals surface area (Å²) in [6.45, 7) is 1.67. The van der Waals surface area contributed by atoms with Gasteiger partial charge in [-0.3, -0.25) is 4.79 Å². The monoisotopic (exact) mass is 265 g/mol. The van der Waals surface area contributed by atoms with Crippen LogP contribution in [0.4, 0.5) is 4.39 Å². The molecule has 2 N–H and O–H groups in total. The van der Waals surface area contributed by atoms with Gasteiger partial charge in [-0.25, -0.2) is 4.39 Å². The second-order valence-electron chi connectivity index (χ2n) is 4.36. The van der Waals surface area contributed by atoms with Crippen LogP contribution in [0.15, 0.2) is 35.5 Å². The third-order valence-electron chi connectivity index (χ3n) is 3.11. The lowest BCUT2D eigenvalue weighted by molar-refractivity contribution is -0.115. The zero-order valence-corrected chi connectivity index (χ0v) is 10.7. The molecule has 2 nitrogen and oxygen atoms in total. The Hall–Kier alpha value is -1.61. The van der Waals surface area contributed by atoms with Crippen molar-refractivity contribution in [1.29, 1.82) is 0 Å². The van der Waals surface area contributed by atoms with E-state index in [-0.39, 0.29) is 17.5 Å². The zero-order chi connectivity index (χ0) is 13.3. The second-order valence-corrected chi connectivity index (χ2v) is 4.61. The lowest BCUT2D eigenvalue weighted by Crippen LogP contribution is -2.07. The number of carbonyl (C=O) groups excluding carboxylic acids is 1. The summed E-state index contributed by atoms with van der Waals surface area (Å²) in [5.41, 5.74) is 9.16. The first-order chi connectivity index (χ1) is 8.54. The van der Waals surface area contributed by atoms with Gasteiger partial charge < -0.3 is 5.73 Å². The third kappa shape index (κ3) is 2.18. The maximum Gasteiger partial charge on any atom is 0.172 e. The predicted octanol–water partition coefficient (Wildman–Crippen LogP) is 3.15. The van der Waals surface area contributed by atoms with Gasteiger partial charge in [0.25, 0.3) is 0 Å². The lowest BCUT2D eigenvalue weighted by Gasteiger charge is -2.05. The quantitative estimate of drug-likeness (QED) is 0.893. The Bertz CT molecular complexity index is 563. The first-order valence-electron chi connectivity index (χ1n) is 5.61. The molecule has 0 amide bonds. The summed E-state index contributed by atoms with van der Waals surface area (Å²) in [5, 5.41) is 0. The molecule has 1 aliphatic rings. The van der Waals surface area contributed by atoms with Gasteiger partial charge in [0, 0.05) is 29.1 Å². The van der Waals surface area contributed by atoms with E-state index in [1.807, 2.05) is 0 Å². The van der Waals surface area contributed by atoms with Crippen LogP contribution in [-0.4, -0.2) is 5.78 Å². The number of Topliss-reactive ketones (excluding diaryl/α,β-unsaturated/α-hetero) is 1. The van der Waals surface area contributed by atoms with Gasteiger partial charge in [0.15, 0.2) is 5.78 Å². The molecule has 18 heavy (non-hydrogen) atoms. The molecule has 4 heteroatoms. The topological polar surface area (TPSA) is 43.1 Å². The van der Waals surface area contributed by atoms with Gasteiger partial charge in [-0.1, -0.05) is 29.8 Å². The highest BCUT2D eigenvalue weighted by Crippen LogP contribution is 2.33. The smallest absolute Gasteiger partial charge is 0.172 e. The Morgan fingerprint density at radius 2 is 2.22 bits per heavy atom. The maximum atomic E-state index is 13.5. The molecule has 0 aromatic heterocycles. The highest BCUT2D eigenvalue weighted by Gasteiger charge is 2.31. The summed E-state index contributed by atoms with van der Waals surface area (Å²) in [6.07, 6.45) is 2.04. The van der Waals surface area contributed by atoms with Crippen molar-refractivity contribution >= 4 is 23.0 Å². The summed E-state index contributed by atoms with van der Waals surface area (Å²) >= 11 is 5.48. The fourth-order valence-corrected chi connectivity index (χ4v) is 2.27. The summed E-state index contributed by atoms with van der Waals surface area (Å²) in [7, 11) is 0. The average molecular weight is 266 g/mol. The number of rotatable bonds is 2. The van der Waals surface area contributed by atoms with Gasteiger partial charge in [-0.2, -0.15) is 0 Å². The number of nitrogens with two attached hydrogens (primary N) is 1. The summed E-state index contributed by atoms with van der Waals surface area (Å²) in [4.78, 5) is 12.1. The molecule has 0 radical (unpaired) electrons. The minimum atomic E-state index is -0.336. The number of halogens is 2. The molecule has 0 spiro atoms. The van der Waals surface area contributed by atoms with Crippen molar-refractivity contribution in [2.45, 2.75) is 13.3 Å². The van der Waals surface area contributed by atoms with Crippen LogP contribution in [0.3, 0.4) is 0 Å². The molecule has 1 atom stereocenters. The standard InChI is InChI=1S/C14H13ClFNO/c1-8-2-3-9(6-11(8)16)13-12(17)7-10(4-5-15)14(13)18/h2-6,10H,7,17H2,1H3. The summed E-state index contributed by atoms with van der Waals surface area (Å²) in [5.74, 6) is -0.772. The van der Waals surface area contributed by atoms with Gasteiger partial charge >= 0.3 is 0 Å². The van der Waals surface area contributed by atoms with Crippen LogP contribution in [0, 0.1) is 18.7 Å². The number of allylic oxidation sites excluding steroid dienone is 3. The van der Waals surface area contributed by atoms with Crippen molar-refractivity contribution in [2.75, 3.05) is 0 Å². The second kappa shape index (κ2) is 4.94. The first kappa shape index (κ1) is 12.8. The molecular formula is C14H13ClFNO. The lowest BCUT2D eigenvalue weighted by atomic mass is 9.98. The molecule has 1 aromatic carbocycles. The zero-order valence-electron chi connectivity index (χ0n) is 9.91. The van der Waals surface area contributed by atoms with Crippen molar-refractivity contribution < 1.29 is 9.18 Å². The van der Waals surface area contributed by atoms with E-state index in [4.69, 9.17) is 17.3 Å². The van der Waals surface area contributed by atoms with Gasteiger partial charge in [-0.15, -0.1) is 0 Å². The molecule has 0 saturated carbocycles. The van der Waals surface area contributed by atoms with Crippen LogP contribution in [0.5, 0.6) is 0 Å². The normalized spacial score (nSPS) is 20.2. The largest absolute Gasteiger partial charge is 0.401 e. The van der Waals surface area contributed by atoms with Gasteiger partial charge in [-0.05, 0) is 24.1 Å². The number of benzene rings is 1. The fourth-order valence-electron chi connectivity index (χ4n) is 2.09. The van der Waals surface area contributed by atoms with Crippen LogP contribution < -0.4 is 5.73 Å². The van der Waals surface area contributed by atoms with E-state index < -0.39 is 0 Å². The van der Waals surface area contributed by atoms with Crippen molar-refractivity contribution in [3.63, 3.8) is 0 Å². The van der Waals surface area contributed by atoms with Crippen LogP contribution in [0.2, 0.25) is 0 Å². The Balaban J connectivity index is 2.41. The maximum absolute atomic E-state index is 13.5. The van der Waals surface area contributed by atoms with E-state index in [9.17, 15) is 9.18 Å². The van der Waals surface area contributed by atoms with E-state index in [1.165, 1.54) is 11.6 Å². The summed E-state index contributed by atoms with van der Waals surface area (Å²) in [6, 6.07) is 4.70. The van der Waals surface area contributed by atoms with E-state index >= 15 is 0 Å². The Kier molecular flexibility index (Phi) is 3.53. The molecule has 1 aromatic rings. The molecule has 0 fully saturated rings. The molecule has 0 aliphatic heterocycles. The summed E-state index contributed by atoms with van der Waals surface area (Å²) < 4.78 is 13.5. The minimum Gasteiger partial charge on any atom is -0.401 e. The van der Waals surface area contributed by atoms with Crippen molar-refractivity contribution in [3.8, 4) is 0 Å². The van der Waals surface area contributed by atoms with Crippen LogP contribution in [0.25, 0.3) is 5.57 Å². The van der Waals surface area contributed by atoms with Gasteiger partial charge in [0.2, 0.25) is 0 Å². The number of hydrogen-bond donors (Lipinski definition) is 1. The van der Waals surface area contributed by atoms with E-state index in [0.717, 1.165) is 0 Å². The van der Waals surface area contributed by atoms with Crippen LogP contribution in [-0.2, 0) is 4.79 Å². The van der Waals surface area contributed by atoms with Crippen LogP contribution in [0.1, 0.15) is 17.5 Å². The van der Waals surface area contributed by atoms with E-state index in [0.29, 0.717) is 28.8 Å². The van der Waals surface area contributed by atoms with Crippen molar-refractivity contribution in [1.82, 2.24) is 0 Å². The highest BCUT2D eigenvalue weighted by molar-refractivity contribution is 6.27. The number of aryl methyl sites for hydroxylation is 1. The van der Waals surface area contributed by atoms with E-state index in [1.54, 1.807) is 25.1 Å². The molecule has 0 saturated heterocycles. The van der Waals surface area contributed by atoms with Crippen molar-refractivity contribution in [2.24, 2.45) is 11.7 Å². The van der Waals surface area contributed by atoms with Crippen molar-refractivity contribution in [3.05, 3.63) is 52.5 Å². The number of ketones is 1. The predicted molar refractivity (Wildman–Crippen MR) is 70.4 cm³/mol. The Morgan fingerprint density at radius 1 is 1.50 bits per heavy atom. The van der Waals surface area contributed by atoms with Gasteiger partial charge in [0.05, 0.1) is 0 Å². The number of carbonyl (C=O) groups is 1. The fraction of sp³-hybridized carbons (Fsp3) is 0.214. The van der Waals surface area contributed by atoms with Gasteiger partial charge in [0.1, 0.15) is 5.82 Å². The van der Waals surface area contributed by atoms with Crippen LogP contribution >= 0.6 is 11.6 Å². The molecular weight excluding hydrogens is 253 g/mol. The highest BCUT2D eigenvalue weighted by atomic mass is 35.5. The SMILES string of the molecule is Cc1ccc(C2=C(N)CC(C=CCl)C2=O)cc1F. The number of hydrogen-bond acceptors (Lipinski definition) is 2. The Morgan fingerprint density at radius 3 is 2.83 bits per heavy atom. The molecule has 0 heterocycles. The molecule has 94 valence electrons. The molecule has 0 bridgehead atoms. The third-order valence-corrected chi connectivity index (χ3v) is 3.26. The minimum absolute atomic E-state index is 0.104. The molecule has 2 rings (SSSR count). The molecule has 1 aliphatic carbocycles. The Labute approximate surface area is 110 Å². The first-order valence-corrected chi connectivity index (χ1v) is 6.04. The van der Waals surface area contributed by atoms with E-state index in [2.05, 4.69) is 0 Å². The average Bonchev–Trinajstić information content (AvgIpc) is 2.59. The molecule has 1 unspecified atom stereocenters.